The van der Waals surface area contributed by atoms with Gasteiger partial charge in [-0.25, -0.2) is 4.39 Å². The van der Waals surface area contributed by atoms with Gasteiger partial charge in [-0.3, -0.25) is 9.78 Å². The van der Waals surface area contributed by atoms with Crippen LogP contribution in [0.3, 0.4) is 0 Å². The van der Waals surface area contributed by atoms with Crippen LogP contribution in [0.1, 0.15) is 17.9 Å². The summed E-state index contributed by atoms with van der Waals surface area (Å²) >= 11 is 1.29. The minimum atomic E-state index is -0.267. The maximum absolute atomic E-state index is 13.0. The smallest absolute Gasteiger partial charge is 0.229 e. The molecule has 0 saturated heterocycles. The molecular formula is C17H13FN4OS. The molecule has 2 atom stereocenters. The lowest BCUT2D eigenvalue weighted by atomic mass is 10.1. The van der Waals surface area contributed by atoms with Crippen LogP contribution in [0, 0.1) is 11.7 Å². The van der Waals surface area contributed by atoms with Gasteiger partial charge in [0.15, 0.2) is 5.01 Å². The second kappa shape index (κ2) is 6.09. The van der Waals surface area contributed by atoms with Crippen molar-refractivity contribution in [1.29, 1.82) is 0 Å². The van der Waals surface area contributed by atoms with Crippen LogP contribution in [0.15, 0.2) is 48.7 Å². The Balaban J connectivity index is 1.41. The van der Waals surface area contributed by atoms with E-state index in [4.69, 9.17) is 0 Å². The monoisotopic (exact) mass is 340 g/mol. The van der Waals surface area contributed by atoms with Crippen molar-refractivity contribution < 1.29 is 9.18 Å². The van der Waals surface area contributed by atoms with Gasteiger partial charge in [-0.1, -0.05) is 29.5 Å². The Morgan fingerprint density at radius 3 is 2.75 bits per heavy atom. The quantitative estimate of drug-likeness (QED) is 0.789. The van der Waals surface area contributed by atoms with E-state index in [1.54, 1.807) is 18.3 Å². The van der Waals surface area contributed by atoms with Crippen molar-refractivity contribution in [3.63, 3.8) is 0 Å². The van der Waals surface area contributed by atoms with Gasteiger partial charge >= 0.3 is 0 Å². The number of anilines is 1. The number of nitrogens with one attached hydrogen (secondary N) is 1. The van der Waals surface area contributed by atoms with Crippen molar-refractivity contribution >= 4 is 22.4 Å². The topological polar surface area (TPSA) is 67.8 Å². The molecule has 3 aromatic rings. The SMILES string of the molecule is O=C(Nc1nnc(-c2ccccn2)s1)C1CC1c1ccc(F)cc1. The summed E-state index contributed by atoms with van der Waals surface area (Å²) < 4.78 is 13.0. The maximum atomic E-state index is 13.0. The number of hydrogen-bond acceptors (Lipinski definition) is 5. The summed E-state index contributed by atoms with van der Waals surface area (Å²) in [5, 5.41) is 12.0. The second-order valence-electron chi connectivity index (χ2n) is 5.62. The van der Waals surface area contributed by atoms with Gasteiger partial charge in [-0.2, -0.15) is 0 Å². The van der Waals surface area contributed by atoms with Crippen LogP contribution >= 0.6 is 11.3 Å². The van der Waals surface area contributed by atoms with Crippen molar-refractivity contribution in [2.45, 2.75) is 12.3 Å². The zero-order valence-electron chi connectivity index (χ0n) is 12.5. The highest BCUT2D eigenvalue weighted by Gasteiger charge is 2.44. The fourth-order valence-corrected chi connectivity index (χ4v) is 3.35. The average molecular weight is 340 g/mol. The third-order valence-corrected chi connectivity index (χ3v) is 4.83. The van der Waals surface area contributed by atoms with E-state index < -0.39 is 0 Å². The van der Waals surface area contributed by atoms with E-state index in [0.717, 1.165) is 17.7 Å². The average Bonchev–Trinajstić information content (AvgIpc) is 3.28. The van der Waals surface area contributed by atoms with E-state index in [2.05, 4.69) is 20.5 Å². The van der Waals surface area contributed by atoms with Crippen LogP contribution in [0.4, 0.5) is 9.52 Å². The summed E-state index contributed by atoms with van der Waals surface area (Å²) in [4.78, 5) is 16.5. The van der Waals surface area contributed by atoms with E-state index in [0.29, 0.717) is 10.1 Å². The Morgan fingerprint density at radius 1 is 1.17 bits per heavy atom. The molecule has 1 N–H and O–H groups in total. The minimum absolute atomic E-state index is 0.0759. The molecule has 2 heterocycles. The van der Waals surface area contributed by atoms with Crippen LogP contribution in [0.25, 0.3) is 10.7 Å². The lowest BCUT2D eigenvalue weighted by Crippen LogP contribution is -2.14. The van der Waals surface area contributed by atoms with Gasteiger partial charge in [0, 0.05) is 12.1 Å². The predicted octanol–water partition coefficient (Wildman–Crippen LogP) is 3.48. The summed E-state index contributed by atoms with van der Waals surface area (Å²) in [6, 6.07) is 11.9. The zero-order chi connectivity index (χ0) is 16.5. The van der Waals surface area contributed by atoms with Gasteiger partial charge in [0.2, 0.25) is 11.0 Å². The Kier molecular flexibility index (Phi) is 3.78. The molecule has 0 spiro atoms. The summed E-state index contributed by atoms with van der Waals surface area (Å²) in [5.41, 5.74) is 1.72. The lowest BCUT2D eigenvalue weighted by molar-refractivity contribution is -0.117. The highest BCUT2D eigenvalue weighted by molar-refractivity contribution is 7.18. The van der Waals surface area contributed by atoms with Crippen molar-refractivity contribution in [3.8, 4) is 10.7 Å². The molecule has 0 aliphatic heterocycles. The van der Waals surface area contributed by atoms with Crippen LogP contribution in [-0.2, 0) is 4.79 Å². The first-order valence-electron chi connectivity index (χ1n) is 7.52. The molecule has 1 fully saturated rings. The van der Waals surface area contributed by atoms with E-state index >= 15 is 0 Å². The van der Waals surface area contributed by atoms with Gasteiger partial charge in [0.1, 0.15) is 11.5 Å². The highest BCUT2D eigenvalue weighted by atomic mass is 32.1. The molecular weight excluding hydrogens is 327 g/mol. The summed E-state index contributed by atoms with van der Waals surface area (Å²) in [7, 11) is 0. The zero-order valence-corrected chi connectivity index (χ0v) is 13.3. The number of carbonyl (C=O) groups is 1. The molecule has 1 amide bonds. The largest absolute Gasteiger partial charge is 0.300 e. The molecule has 5 nitrogen and oxygen atoms in total. The molecule has 1 aliphatic rings. The molecule has 2 unspecified atom stereocenters. The van der Waals surface area contributed by atoms with E-state index in [1.165, 1.54) is 23.5 Å². The number of benzene rings is 1. The minimum Gasteiger partial charge on any atom is -0.300 e. The lowest BCUT2D eigenvalue weighted by Gasteiger charge is -2.01. The first-order valence-corrected chi connectivity index (χ1v) is 8.33. The normalized spacial score (nSPS) is 19.0. The molecule has 4 rings (SSSR count). The fourth-order valence-electron chi connectivity index (χ4n) is 2.63. The highest BCUT2D eigenvalue weighted by Crippen LogP contribution is 2.48. The number of carbonyl (C=O) groups excluding carboxylic acids is 1. The second-order valence-corrected chi connectivity index (χ2v) is 6.59. The molecule has 1 saturated carbocycles. The summed E-state index contributed by atoms with van der Waals surface area (Å²) in [6.45, 7) is 0. The Bertz CT molecular complexity index is 866. The number of amides is 1. The van der Waals surface area contributed by atoms with Gasteiger partial charge in [-0.15, -0.1) is 10.2 Å². The molecule has 0 bridgehead atoms. The van der Waals surface area contributed by atoms with Gasteiger partial charge in [-0.05, 0) is 42.2 Å². The Labute approximate surface area is 141 Å². The molecule has 0 radical (unpaired) electrons. The Morgan fingerprint density at radius 2 is 2.00 bits per heavy atom. The first kappa shape index (κ1) is 14.9. The number of halogens is 1. The fraction of sp³-hybridized carbons (Fsp3) is 0.176. The number of hydrogen-bond donors (Lipinski definition) is 1. The maximum Gasteiger partial charge on any atom is 0.229 e. The van der Waals surface area contributed by atoms with Crippen molar-refractivity contribution in [1.82, 2.24) is 15.2 Å². The molecule has 1 aromatic carbocycles. The van der Waals surface area contributed by atoms with E-state index in [9.17, 15) is 9.18 Å². The molecule has 1 aliphatic carbocycles. The number of nitrogens with zero attached hydrogens (tertiary/aromatic N) is 3. The molecule has 7 heteroatoms. The third kappa shape index (κ3) is 3.03. The summed E-state index contributed by atoms with van der Waals surface area (Å²) in [5.74, 6) is -0.296. The van der Waals surface area contributed by atoms with Gasteiger partial charge in [0.05, 0.1) is 0 Å². The summed E-state index contributed by atoms with van der Waals surface area (Å²) in [6.07, 6.45) is 2.45. The van der Waals surface area contributed by atoms with E-state index in [-0.39, 0.29) is 23.6 Å². The number of pyridine rings is 1. The number of rotatable bonds is 4. The third-order valence-electron chi connectivity index (χ3n) is 3.96. The molecule has 2 aromatic heterocycles. The van der Waals surface area contributed by atoms with Crippen LogP contribution in [0.2, 0.25) is 0 Å². The van der Waals surface area contributed by atoms with Gasteiger partial charge in [0.25, 0.3) is 0 Å². The van der Waals surface area contributed by atoms with Crippen molar-refractivity contribution in [3.05, 3.63) is 60.0 Å². The van der Waals surface area contributed by atoms with Gasteiger partial charge < -0.3 is 5.32 Å². The Hall–Kier alpha value is -2.67. The first-order chi connectivity index (χ1) is 11.7. The van der Waals surface area contributed by atoms with E-state index in [1.807, 2.05) is 18.2 Å². The van der Waals surface area contributed by atoms with Crippen LogP contribution in [-0.4, -0.2) is 21.1 Å². The molecule has 120 valence electrons. The van der Waals surface area contributed by atoms with Crippen LogP contribution in [0.5, 0.6) is 0 Å². The van der Waals surface area contributed by atoms with Crippen LogP contribution < -0.4 is 5.32 Å². The van der Waals surface area contributed by atoms with Crippen molar-refractivity contribution in [2.24, 2.45) is 5.92 Å². The predicted molar refractivity (Wildman–Crippen MR) is 89.0 cm³/mol. The van der Waals surface area contributed by atoms with Crippen molar-refractivity contribution in [2.75, 3.05) is 5.32 Å². The molecule has 24 heavy (non-hydrogen) atoms. The standard InChI is InChI=1S/C17H13FN4OS/c18-11-6-4-10(5-7-11)12-9-13(12)15(23)20-17-22-21-16(24-17)14-3-1-2-8-19-14/h1-8,12-13H,9H2,(H,20,22,23). The number of aromatic nitrogens is 3.